The maximum Gasteiger partial charge on any atom is 0.220 e. The summed E-state index contributed by atoms with van der Waals surface area (Å²) in [5.74, 6) is -0.587. The van der Waals surface area contributed by atoms with Crippen LogP contribution in [0.2, 0.25) is 5.02 Å². The van der Waals surface area contributed by atoms with Gasteiger partial charge in [-0.05, 0) is 6.07 Å². The molecule has 6 nitrogen and oxygen atoms in total. The molecule has 0 fully saturated rings. The normalized spacial score (nSPS) is 14.1. The molecule has 1 heterocycles. The van der Waals surface area contributed by atoms with Crippen molar-refractivity contribution in [3.05, 3.63) is 22.8 Å². The van der Waals surface area contributed by atoms with Gasteiger partial charge in [-0.3, -0.25) is 4.79 Å². The van der Waals surface area contributed by atoms with Crippen LogP contribution >= 0.6 is 11.6 Å². The van der Waals surface area contributed by atoms with Gasteiger partial charge in [-0.1, -0.05) is 11.6 Å². The summed E-state index contributed by atoms with van der Waals surface area (Å²) < 4.78 is 4.92. The number of hydrogen-bond donors (Lipinski definition) is 3. The number of amides is 1. The molecule has 1 aromatic rings. The van der Waals surface area contributed by atoms with Gasteiger partial charge in [-0.2, -0.15) is 0 Å². The number of ether oxygens (including phenoxy) is 1. The molecule has 0 saturated heterocycles. The first-order valence-electron chi connectivity index (χ1n) is 4.79. The van der Waals surface area contributed by atoms with E-state index in [1.807, 2.05) is 0 Å². The van der Waals surface area contributed by atoms with Gasteiger partial charge in [-0.25, -0.2) is 4.98 Å². The Kier molecular flexibility index (Phi) is 4.68. The van der Waals surface area contributed by atoms with Gasteiger partial charge in [0.25, 0.3) is 0 Å². The lowest BCUT2D eigenvalue weighted by atomic mass is 10.0. The Labute approximate surface area is 103 Å². The first kappa shape index (κ1) is 13.7. The van der Waals surface area contributed by atoms with Crippen LogP contribution in [0.25, 0.3) is 0 Å². The van der Waals surface area contributed by atoms with Crippen LogP contribution in [0.3, 0.4) is 0 Å². The molecule has 0 saturated carbocycles. The van der Waals surface area contributed by atoms with E-state index >= 15 is 0 Å². The Bertz CT molecular complexity index is 413. The highest BCUT2D eigenvalue weighted by molar-refractivity contribution is 6.30. The van der Waals surface area contributed by atoms with E-state index in [9.17, 15) is 15.0 Å². The number of methoxy groups -OCH3 is 1. The van der Waals surface area contributed by atoms with E-state index in [1.165, 1.54) is 19.4 Å². The summed E-state index contributed by atoms with van der Waals surface area (Å²) in [5, 5.41) is 19.7. The molecule has 0 aliphatic heterocycles. The summed E-state index contributed by atoms with van der Waals surface area (Å²) in [7, 11) is 1.37. The molecule has 94 valence electrons. The zero-order valence-corrected chi connectivity index (χ0v) is 9.89. The highest BCUT2D eigenvalue weighted by Gasteiger charge is 2.24. The molecule has 1 amide bonds. The minimum absolute atomic E-state index is 0.130. The molecule has 2 atom stereocenters. The number of carbonyl (C=O) groups is 1. The van der Waals surface area contributed by atoms with Gasteiger partial charge >= 0.3 is 0 Å². The number of pyridine rings is 1. The zero-order valence-electron chi connectivity index (χ0n) is 9.13. The number of rotatable bonds is 5. The summed E-state index contributed by atoms with van der Waals surface area (Å²) >= 11 is 5.73. The monoisotopic (exact) mass is 260 g/mol. The number of nitrogens with two attached hydrogens (primary N) is 1. The van der Waals surface area contributed by atoms with Gasteiger partial charge < -0.3 is 20.7 Å². The van der Waals surface area contributed by atoms with Crippen molar-refractivity contribution in [3.63, 3.8) is 0 Å². The Morgan fingerprint density at radius 2 is 2.29 bits per heavy atom. The minimum Gasteiger partial charge on any atom is -0.481 e. The fourth-order valence-corrected chi connectivity index (χ4v) is 1.52. The first-order chi connectivity index (χ1) is 7.95. The Hall–Kier alpha value is -1.37. The lowest BCUT2D eigenvalue weighted by molar-refractivity contribution is -0.121. The Morgan fingerprint density at radius 3 is 2.82 bits per heavy atom. The van der Waals surface area contributed by atoms with Crippen molar-refractivity contribution in [3.8, 4) is 5.88 Å². The standard InChI is InChI=1S/C10H13ClN2O4/c1-17-10-6(2-5(11)4-13-10)9(16)7(14)3-8(12)15/h2,4,7,9,14,16H,3H2,1H3,(H2,12,15). The van der Waals surface area contributed by atoms with Gasteiger partial charge in [0.05, 0.1) is 24.7 Å². The van der Waals surface area contributed by atoms with Gasteiger partial charge in [0.1, 0.15) is 6.10 Å². The highest BCUT2D eigenvalue weighted by atomic mass is 35.5. The number of hydrogen-bond acceptors (Lipinski definition) is 5. The summed E-state index contributed by atoms with van der Waals surface area (Å²) in [6.07, 6.45) is -1.70. The van der Waals surface area contributed by atoms with Crippen LogP contribution in [0.5, 0.6) is 5.88 Å². The quantitative estimate of drug-likeness (QED) is 0.692. The number of aliphatic hydroxyl groups is 2. The fraction of sp³-hybridized carbons (Fsp3) is 0.400. The zero-order chi connectivity index (χ0) is 13.0. The molecule has 4 N–H and O–H groups in total. The molecular formula is C10H13ClN2O4. The lowest BCUT2D eigenvalue weighted by Crippen LogP contribution is -2.26. The van der Waals surface area contributed by atoms with Crippen molar-refractivity contribution in [1.29, 1.82) is 0 Å². The van der Waals surface area contributed by atoms with Crippen molar-refractivity contribution in [2.24, 2.45) is 5.73 Å². The van der Waals surface area contributed by atoms with E-state index in [0.29, 0.717) is 0 Å². The predicted octanol–water partition coefficient (Wildman–Crippen LogP) is 0.0133. The van der Waals surface area contributed by atoms with E-state index in [2.05, 4.69) is 4.98 Å². The number of carbonyl (C=O) groups excluding carboxylic acids is 1. The van der Waals surface area contributed by atoms with E-state index in [-0.39, 0.29) is 22.9 Å². The highest BCUT2D eigenvalue weighted by Crippen LogP contribution is 2.28. The molecule has 0 aromatic carbocycles. The fourth-order valence-electron chi connectivity index (χ4n) is 1.35. The Balaban J connectivity index is 2.97. The summed E-state index contributed by atoms with van der Waals surface area (Å²) in [6.45, 7) is 0. The summed E-state index contributed by atoms with van der Waals surface area (Å²) in [4.78, 5) is 14.5. The molecule has 2 unspecified atom stereocenters. The minimum atomic E-state index is -1.34. The van der Waals surface area contributed by atoms with Gasteiger partial charge in [-0.15, -0.1) is 0 Å². The number of primary amides is 1. The van der Waals surface area contributed by atoms with Crippen LogP contribution in [0.1, 0.15) is 18.1 Å². The number of halogens is 1. The second kappa shape index (κ2) is 5.81. The van der Waals surface area contributed by atoms with Crippen molar-refractivity contribution in [1.82, 2.24) is 4.98 Å². The van der Waals surface area contributed by atoms with E-state index in [1.54, 1.807) is 0 Å². The van der Waals surface area contributed by atoms with E-state index in [0.717, 1.165) is 0 Å². The second-order valence-electron chi connectivity index (χ2n) is 3.43. The van der Waals surface area contributed by atoms with E-state index in [4.69, 9.17) is 22.1 Å². The molecule has 0 radical (unpaired) electrons. The maximum atomic E-state index is 10.6. The van der Waals surface area contributed by atoms with Crippen LogP contribution in [0.4, 0.5) is 0 Å². The molecule has 0 spiro atoms. The topological polar surface area (TPSA) is 106 Å². The van der Waals surface area contributed by atoms with Crippen LogP contribution in [0.15, 0.2) is 12.3 Å². The molecule has 0 aliphatic rings. The van der Waals surface area contributed by atoms with Crippen molar-refractivity contribution < 1.29 is 19.7 Å². The largest absolute Gasteiger partial charge is 0.481 e. The molecular weight excluding hydrogens is 248 g/mol. The molecule has 1 rings (SSSR count). The average molecular weight is 261 g/mol. The van der Waals surface area contributed by atoms with Crippen LogP contribution in [0, 0.1) is 0 Å². The number of aliphatic hydroxyl groups excluding tert-OH is 2. The smallest absolute Gasteiger partial charge is 0.220 e. The van der Waals surface area contributed by atoms with Gasteiger partial charge in [0.15, 0.2) is 0 Å². The molecule has 7 heteroatoms. The lowest BCUT2D eigenvalue weighted by Gasteiger charge is -2.18. The Morgan fingerprint density at radius 1 is 1.65 bits per heavy atom. The van der Waals surface area contributed by atoms with Crippen LogP contribution in [-0.2, 0) is 4.79 Å². The summed E-state index contributed by atoms with van der Waals surface area (Å²) in [5.41, 5.74) is 5.13. The average Bonchev–Trinajstić information content (AvgIpc) is 2.27. The van der Waals surface area contributed by atoms with Gasteiger partial charge in [0, 0.05) is 11.8 Å². The maximum absolute atomic E-state index is 10.6. The molecule has 17 heavy (non-hydrogen) atoms. The predicted molar refractivity (Wildman–Crippen MR) is 60.6 cm³/mol. The SMILES string of the molecule is COc1ncc(Cl)cc1C(O)C(O)CC(N)=O. The molecule has 0 aliphatic carbocycles. The number of nitrogens with zero attached hydrogens (tertiary/aromatic N) is 1. The molecule has 1 aromatic heterocycles. The first-order valence-corrected chi connectivity index (χ1v) is 5.17. The van der Waals surface area contributed by atoms with Crippen molar-refractivity contribution in [2.45, 2.75) is 18.6 Å². The van der Waals surface area contributed by atoms with Crippen LogP contribution < -0.4 is 10.5 Å². The summed E-state index contributed by atoms with van der Waals surface area (Å²) in [6, 6.07) is 1.41. The third-order valence-electron chi connectivity index (χ3n) is 2.13. The number of aromatic nitrogens is 1. The van der Waals surface area contributed by atoms with Crippen molar-refractivity contribution in [2.75, 3.05) is 7.11 Å². The van der Waals surface area contributed by atoms with E-state index < -0.39 is 18.1 Å². The third kappa shape index (κ3) is 3.55. The third-order valence-corrected chi connectivity index (χ3v) is 2.34. The van der Waals surface area contributed by atoms with Crippen LogP contribution in [-0.4, -0.2) is 34.3 Å². The second-order valence-corrected chi connectivity index (χ2v) is 3.87. The molecule has 0 bridgehead atoms. The van der Waals surface area contributed by atoms with Crippen molar-refractivity contribution >= 4 is 17.5 Å². The van der Waals surface area contributed by atoms with Gasteiger partial charge in [0.2, 0.25) is 11.8 Å².